The van der Waals surface area contributed by atoms with Crippen LogP contribution in [0.4, 0.5) is 21.6 Å². The number of β-amino-alcohol motifs (C(OH)–C–C–N with tert-alkyl or cyclic N) is 1. The first kappa shape index (κ1) is 60.2. The van der Waals surface area contributed by atoms with E-state index in [1.165, 1.54) is 36.5 Å². The smallest absolute Gasteiger partial charge is 0.248 e. The van der Waals surface area contributed by atoms with E-state index < -0.39 is 35.3 Å². The molecule has 0 bridgehead atoms. The standard InChI is InChI=1S/C62H73ClFN11O7S/c1-39-57(83-38-68-39)43-16-12-42(13-17-43)35-65-60(80)52-32-46(76)36-75(52)61(81)58(62(2,3)4)71-55(78)20-14-40-8-10-41(11-9-40)15-21-56(79)74-29-27-73(28-30-74)45-22-25-72(26-23-45)24-6-7-54(77)70-51-33-47-50(34-53(51)82-5)66-37-67-59(47)69-44-18-19-49(64)48(63)31-44/h6-13,16-19,31,33-34,37-38,45-46,52,58,76H,14-15,20-30,32,35-36H2,1-5H3,(H,65,80)(H,70,77)(H,71,78)(H,66,67,69)/b7-6+/t46?,52-,58+/m0/s1. The number of anilines is 3. The fourth-order valence-electron chi connectivity index (χ4n) is 11.0. The monoisotopic (exact) mass is 1170 g/mol. The number of piperazine rings is 1. The highest BCUT2D eigenvalue weighted by Crippen LogP contribution is 2.34. The number of ether oxygens (including phenoxy) is 1. The van der Waals surface area contributed by atoms with Crippen LogP contribution in [0.3, 0.4) is 0 Å². The quantitative estimate of drug-likeness (QED) is 0.0458. The minimum Gasteiger partial charge on any atom is -0.494 e. The van der Waals surface area contributed by atoms with Crippen molar-refractivity contribution < 1.29 is 38.2 Å². The molecule has 3 saturated heterocycles. The molecular weight excluding hydrogens is 1100 g/mol. The van der Waals surface area contributed by atoms with E-state index in [0.29, 0.717) is 78.8 Å². The highest BCUT2D eigenvalue weighted by molar-refractivity contribution is 7.13. The van der Waals surface area contributed by atoms with Gasteiger partial charge in [0.2, 0.25) is 29.5 Å². The minimum absolute atomic E-state index is 0.00257. The van der Waals surface area contributed by atoms with Crippen LogP contribution in [-0.4, -0.2) is 153 Å². The van der Waals surface area contributed by atoms with Crippen LogP contribution in [0.2, 0.25) is 5.02 Å². The number of nitrogens with one attached hydrogen (secondary N) is 4. The van der Waals surface area contributed by atoms with E-state index in [9.17, 15) is 33.5 Å². The number of nitrogens with zero attached hydrogens (tertiary/aromatic N) is 7. The van der Waals surface area contributed by atoms with Gasteiger partial charge in [0.1, 0.15) is 35.8 Å². The first-order valence-electron chi connectivity index (χ1n) is 28.3. The zero-order valence-corrected chi connectivity index (χ0v) is 49.2. The maximum Gasteiger partial charge on any atom is 0.248 e. The second-order valence-electron chi connectivity index (χ2n) is 22.6. The second kappa shape index (κ2) is 27.4. The first-order chi connectivity index (χ1) is 39.9. The van der Waals surface area contributed by atoms with E-state index in [2.05, 4.69) is 46.0 Å². The summed E-state index contributed by atoms with van der Waals surface area (Å²) in [5, 5.41) is 23.2. The lowest BCUT2D eigenvalue weighted by atomic mass is 9.85. The molecule has 0 aliphatic carbocycles. The molecule has 3 aliphatic rings. The average Bonchev–Trinajstić information content (AvgIpc) is 4.04. The number of rotatable bonds is 20. The van der Waals surface area contributed by atoms with Gasteiger partial charge >= 0.3 is 0 Å². The van der Waals surface area contributed by atoms with Gasteiger partial charge < -0.3 is 40.9 Å². The van der Waals surface area contributed by atoms with Crippen molar-refractivity contribution in [2.24, 2.45) is 5.41 Å². The van der Waals surface area contributed by atoms with Gasteiger partial charge in [0.05, 0.1) is 45.5 Å². The number of piperidine rings is 1. The molecule has 5 heterocycles. The first-order valence-corrected chi connectivity index (χ1v) is 29.5. The van der Waals surface area contributed by atoms with E-state index in [4.69, 9.17) is 16.3 Å². The third kappa shape index (κ3) is 15.6. The van der Waals surface area contributed by atoms with Crippen molar-refractivity contribution in [2.45, 2.75) is 103 Å². The van der Waals surface area contributed by atoms with Crippen LogP contribution < -0.4 is 26.0 Å². The van der Waals surface area contributed by atoms with E-state index in [1.54, 1.807) is 29.5 Å². The Balaban J connectivity index is 0.663. The molecule has 0 saturated carbocycles. The van der Waals surface area contributed by atoms with Crippen LogP contribution in [0.5, 0.6) is 5.75 Å². The average molecular weight is 1170 g/mol. The topological polar surface area (TPSA) is 215 Å². The molecule has 21 heteroatoms. The summed E-state index contributed by atoms with van der Waals surface area (Å²) in [7, 11) is 1.52. The summed E-state index contributed by atoms with van der Waals surface area (Å²) in [5.74, 6) is -0.866. The summed E-state index contributed by atoms with van der Waals surface area (Å²) in [5.41, 5.74) is 7.61. The van der Waals surface area contributed by atoms with E-state index in [-0.39, 0.29) is 54.6 Å². The predicted octanol–water partition coefficient (Wildman–Crippen LogP) is 8.08. The number of halogens is 2. The molecule has 3 atom stereocenters. The fourth-order valence-corrected chi connectivity index (χ4v) is 12.0. The summed E-state index contributed by atoms with van der Waals surface area (Å²) in [6.45, 7) is 13.3. The third-order valence-electron chi connectivity index (χ3n) is 15.8. The van der Waals surface area contributed by atoms with E-state index >= 15 is 0 Å². The molecular formula is C62H73ClFN11O7S. The van der Waals surface area contributed by atoms with Crippen molar-refractivity contribution in [1.82, 2.24) is 45.2 Å². The number of aliphatic hydroxyl groups excluding tert-OH is 1. The summed E-state index contributed by atoms with van der Waals surface area (Å²) in [6.07, 6.45) is 7.66. The van der Waals surface area contributed by atoms with Crippen molar-refractivity contribution in [3.8, 4) is 16.2 Å². The largest absolute Gasteiger partial charge is 0.494 e. The Morgan fingerprint density at radius 3 is 2.24 bits per heavy atom. The van der Waals surface area contributed by atoms with Crippen molar-refractivity contribution in [1.29, 1.82) is 0 Å². The van der Waals surface area contributed by atoms with Crippen LogP contribution in [-0.2, 0) is 43.4 Å². The maximum atomic E-state index is 14.2. The van der Waals surface area contributed by atoms with Crippen molar-refractivity contribution in [3.05, 3.63) is 136 Å². The SMILES string of the molecule is COc1cc2ncnc(Nc3ccc(F)c(Cl)c3)c2cc1NC(=O)/C=C/CN1CCC(N2CCN(C(=O)CCc3ccc(CCC(=O)N[C@H](C(=O)N4CC(O)C[C@H]4C(=O)NCc4ccc(-c5scnc5C)cc4)C(C)(C)C)cc3)CC2)CC1. The Labute approximate surface area is 492 Å². The minimum atomic E-state index is -0.921. The van der Waals surface area contributed by atoms with Crippen LogP contribution in [0.15, 0.2) is 103 Å². The summed E-state index contributed by atoms with van der Waals surface area (Å²) in [4.78, 5) is 90.1. The number of hydrogen-bond acceptors (Lipinski definition) is 14. The van der Waals surface area contributed by atoms with Gasteiger partial charge in [-0.25, -0.2) is 19.3 Å². The molecule has 3 aliphatic heterocycles. The van der Waals surface area contributed by atoms with Crippen molar-refractivity contribution in [3.63, 3.8) is 0 Å². The maximum absolute atomic E-state index is 14.2. The summed E-state index contributed by atoms with van der Waals surface area (Å²) >= 11 is 7.57. The molecule has 5 amide bonds. The number of fused-ring (bicyclic) bond motifs is 1. The summed E-state index contributed by atoms with van der Waals surface area (Å²) < 4.78 is 19.4. The Kier molecular flexibility index (Phi) is 19.9. The van der Waals surface area contributed by atoms with Gasteiger partial charge in [0.15, 0.2) is 0 Å². The molecule has 2 aromatic heterocycles. The Hall–Kier alpha value is -7.36. The molecule has 6 aromatic rings. The lowest BCUT2D eigenvalue weighted by Crippen LogP contribution is -2.57. The molecule has 5 N–H and O–H groups in total. The lowest BCUT2D eigenvalue weighted by Gasteiger charge is -2.42. The highest BCUT2D eigenvalue weighted by atomic mass is 35.5. The van der Waals surface area contributed by atoms with Gasteiger partial charge in [-0.3, -0.25) is 33.8 Å². The summed E-state index contributed by atoms with van der Waals surface area (Å²) in [6, 6.07) is 22.2. The zero-order chi connectivity index (χ0) is 58.8. The van der Waals surface area contributed by atoms with Crippen molar-refractivity contribution >= 4 is 80.6 Å². The number of carbonyl (C=O) groups is 5. The molecule has 4 aromatic carbocycles. The molecule has 0 spiro atoms. The van der Waals surface area contributed by atoms with Gasteiger partial charge in [0.25, 0.3) is 0 Å². The van der Waals surface area contributed by atoms with Gasteiger partial charge in [-0.2, -0.15) is 0 Å². The molecule has 9 rings (SSSR count). The molecule has 3 fully saturated rings. The number of likely N-dealkylation sites (tertiary alicyclic amines) is 2. The number of benzene rings is 4. The molecule has 1 unspecified atom stereocenters. The van der Waals surface area contributed by atoms with Crippen LogP contribution in [0.1, 0.15) is 75.3 Å². The lowest BCUT2D eigenvalue weighted by molar-refractivity contribution is -0.144. The number of aliphatic hydroxyl groups is 1. The van der Waals surface area contributed by atoms with Crippen LogP contribution in [0.25, 0.3) is 21.3 Å². The number of methoxy groups -OCH3 is 1. The van der Waals surface area contributed by atoms with Gasteiger partial charge in [-0.05, 0) is 97.6 Å². The molecule has 438 valence electrons. The molecule has 83 heavy (non-hydrogen) atoms. The van der Waals surface area contributed by atoms with Gasteiger partial charge in [0, 0.05) is 94.3 Å². The Morgan fingerprint density at radius 2 is 1.58 bits per heavy atom. The Bertz CT molecular complexity index is 3300. The van der Waals surface area contributed by atoms with E-state index in [1.807, 2.05) is 92.7 Å². The third-order valence-corrected chi connectivity index (χ3v) is 17.0. The highest BCUT2D eigenvalue weighted by Gasteiger charge is 2.44. The second-order valence-corrected chi connectivity index (χ2v) is 23.9. The molecule has 0 radical (unpaired) electrons. The fraction of sp³-hybridized carbons (Fsp3) is 0.419. The normalized spacial score (nSPS) is 17.6. The number of hydrogen-bond donors (Lipinski definition) is 5. The Morgan fingerprint density at radius 1 is 0.880 bits per heavy atom. The number of amides is 5. The number of aryl methyl sites for hydroxylation is 3. The number of carbonyl (C=O) groups excluding carboxylic acids is 5. The predicted molar refractivity (Wildman–Crippen MR) is 321 cm³/mol. The van der Waals surface area contributed by atoms with Gasteiger partial charge in [-0.1, -0.05) is 87.0 Å². The zero-order valence-electron chi connectivity index (χ0n) is 47.6. The van der Waals surface area contributed by atoms with Gasteiger partial charge in [-0.15, -0.1) is 11.3 Å². The molecule has 18 nitrogen and oxygen atoms in total. The van der Waals surface area contributed by atoms with Crippen LogP contribution in [0, 0.1) is 18.2 Å². The van der Waals surface area contributed by atoms with Crippen LogP contribution >= 0.6 is 22.9 Å². The number of thiazole rings is 1. The van der Waals surface area contributed by atoms with E-state index in [0.717, 1.165) is 71.8 Å². The number of aromatic nitrogens is 3. The van der Waals surface area contributed by atoms with Crippen molar-refractivity contribution in [2.75, 3.05) is 70.1 Å².